The highest BCUT2D eigenvalue weighted by molar-refractivity contribution is 5.73. The van der Waals surface area contributed by atoms with Crippen LogP contribution >= 0.6 is 0 Å². The van der Waals surface area contributed by atoms with Crippen LogP contribution in [0.2, 0.25) is 0 Å². The molecule has 1 heterocycles. The quantitative estimate of drug-likeness (QED) is 0.605. The van der Waals surface area contributed by atoms with E-state index in [0.717, 1.165) is 23.1 Å². The van der Waals surface area contributed by atoms with Crippen LogP contribution in [0.25, 0.3) is 11.1 Å². The Hall–Kier alpha value is -2.48. The molecular formula is C28H36FNO5. The van der Waals surface area contributed by atoms with Gasteiger partial charge in [-0.2, -0.15) is 0 Å². The van der Waals surface area contributed by atoms with Crippen molar-refractivity contribution in [2.75, 3.05) is 13.7 Å². The maximum Gasteiger partial charge on any atom is 0.216 e. The van der Waals surface area contributed by atoms with E-state index in [1.807, 2.05) is 38.1 Å². The van der Waals surface area contributed by atoms with Gasteiger partial charge in [0.15, 0.2) is 5.79 Å². The molecule has 190 valence electrons. The van der Waals surface area contributed by atoms with Gasteiger partial charge in [0.05, 0.1) is 6.10 Å². The topological polar surface area (TPSA) is 66.0 Å². The normalized spacial score (nSPS) is 26.7. The van der Waals surface area contributed by atoms with Crippen LogP contribution in [0.4, 0.5) is 4.39 Å². The van der Waals surface area contributed by atoms with Gasteiger partial charge in [-0.15, -0.1) is 0 Å². The fourth-order valence-electron chi connectivity index (χ4n) is 5.42. The lowest BCUT2D eigenvalue weighted by molar-refractivity contribution is -0.164. The van der Waals surface area contributed by atoms with E-state index in [-0.39, 0.29) is 41.6 Å². The minimum absolute atomic E-state index is 0.0807. The highest BCUT2D eigenvalue weighted by Gasteiger charge is 2.58. The van der Waals surface area contributed by atoms with Crippen molar-refractivity contribution >= 4 is 5.91 Å². The number of carbonyl (C=O) groups is 1. The Morgan fingerprint density at radius 1 is 1.11 bits per heavy atom. The Morgan fingerprint density at radius 2 is 1.86 bits per heavy atom. The number of halogens is 1. The Bertz CT molecular complexity index is 1070. The number of benzene rings is 2. The van der Waals surface area contributed by atoms with E-state index in [4.69, 9.17) is 18.9 Å². The number of amides is 1. The summed E-state index contributed by atoms with van der Waals surface area (Å²) in [6, 6.07) is 12.4. The van der Waals surface area contributed by atoms with Crippen LogP contribution in [0, 0.1) is 11.2 Å². The van der Waals surface area contributed by atoms with Crippen LogP contribution in [0.15, 0.2) is 42.5 Å². The third-order valence-electron chi connectivity index (χ3n) is 6.85. The zero-order chi connectivity index (χ0) is 25.4. The Labute approximate surface area is 207 Å². The predicted octanol–water partition coefficient (Wildman–Crippen LogP) is 4.88. The molecule has 2 aliphatic rings. The van der Waals surface area contributed by atoms with Crippen molar-refractivity contribution in [1.29, 1.82) is 0 Å². The van der Waals surface area contributed by atoms with Crippen molar-refractivity contribution in [3.8, 4) is 16.9 Å². The molecule has 0 bridgehead atoms. The molecule has 6 nitrogen and oxygen atoms in total. The van der Waals surface area contributed by atoms with Gasteiger partial charge in [0.25, 0.3) is 0 Å². The Morgan fingerprint density at radius 3 is 2.54 bits per heavy atom. The first-order valence-corrected chi connectivity index (χ1v) is 12.2. The van der Waals surface area contributed by atoms with Crippen molar-refractivity contribution in [3.63, 3.8) is 0 Å². The van der Waals surface area contributed by atoms with Gasteiger partial charge in [0.1, 0.15) is 29.9 Å². The summed E-state index contributed by atoms with van der Waals surface area (Å²) >= 11 is 0. The Balaban J connectivity index is 1.64. The summed E-state index contributed by atoms with van der Waals surface area (Å²) in [4.78, 5) is 11.3. The molecule has 0 spiro atoms. The summed E-state index contributed by atoms with van der Waals surface area (Å²) in [5.74, 6) is -0.434. The minimum atomic E-state index is -0.728. The molecule has 2 aromatic carbocycles. The molecule has 7 heteroatoms. The van der Waals surface area contributed by atoms with Gasteiger partial charge < -0.3 is 24.3 Å². The third kappa shape index (κ3) is 5.68. The number of ether oxygens (including phenoxy) is 4. The second-order valence-corrected chi connectivity index (χ2v) is 10.6. The molecule has 1 saturated heterocycles. The van der Waals surface area contributed by atoms with Gasteiger partial charge in [-0.1, -0.05) is 32.0 Å². The van der Waals surface area contributed by atoms with E-state index in [9.17, 15) is 9.18 Å². The molecule has 0 unspecified atom stereocenters. The monoisotopic (exact) mass is 485 g/mol. The van der Waals surface area contributed by atoms with Crippen LogP contribution in [0.3, 0.4) is 0 Å². The van der Waals surface area contributed by atoms with Gasteiger partial charge in [0.2, 0.25) is 5.91 Å². The van der Waals surface area contributed by atoms with Crippen molar-refractivity contribution in [1.82, 2.24) is 5.32 Å². The lowest BCUT2D eigenvalue weighted by atomic mass is 9.71. The summed E-state index contributed by atoms with van der Waals surface area (Å²) in [5.41, 5.74) is 2.45. The van der Waals surface area contributed by atoms with Gasteiger partial charge in [0, 0.05) is 20.6 Å². The average Bonchev–Trinajstić information content (AvgIpc) is 3.09. The molecule has 2 aromatic rings. The summed E-state index contributed by atoms with van der Waals surface area (Å²) in [6.45, 7) is 10.1. The van der Waals surface area contributed by atoms with E-state index in [1.54, 1.807) is 13.2 Å². The van der Waals surface area contributed by atoms with Crippen LogP contribution in [-0.2, 0) is 25.4 Å². The second-order valence-electron chi connectivity index (χ2n) is 10.6. The van der Waals surface area contributed by atoms with Gasteiger partial charge in [-0.3, -0.25) is 4.79 Å². The summed E-state index contributed by atoms with van der Waals surface area (Å²) in [7, 11) is 1.71. The number of rotatable bonds is 7. The van der Waals surface area contributed by atoms with Crippen molar-refractivity contribution in [2.24, 2.45) is 5.41 Å². The first-order valence-electron chi connectivity index (χ1n) is 12.2. The SMILES string of the molecule is CO[C@@H]1[C@H]2OC(C)(C)O[C@H]2[C@H](Oc2ccc(CCNC(C)=O)c(-c3cccc(F)c3)c2)CC1(C)C. The van der Waals surface area contributed by atoms with Gasteiger partial charge >= 0.3 is 0 Å². The molecule has 1 aliphatic carbocycles. The average molecular weight is 486 g/mol. The first kappa shape index (κ1) is 25.6. The molecule has 4 atom stereocenters. The minimum Gasteiger partial charge on any atom is -0.488 e. The van der Waals surface area contributed by atoms with E-state index in [1.165, 1.54) is 19.1 Å². The summed E-state index contributed by atoms with van der Waals surface area (Å²) < 4.78 is 39.0. The van der Waals surface area contributed by atoms with Crippen LogP contribution < -0.4 is 10.1 Å². The van der Waals surface area contributed by atoms with Gasteiger partial charge in [-0.05, 0) is 73.1 Å². The highest BCUT2D eigenvalue weighted by atomic mass is 19.1. The van der Waals surface area contributed by atoms with Crippen molar-refractivity contribution in [2.45, 2.75) is 77.7 Å². The molecule has 35 heavy (non-hydrogen) atoms. The van der Waals surface area contributed by atoms with E-state index < -0.39 is 5.79 Å². The predicted molar refractivity (Wildman–Crippen MR) is 132 cm³/mol. The lowest BCUT2D eigenvalue weighted by Gasteiger charge is -2.46. The zero-order valence-corrected chi connectivity index (χ0v) is 21.4. The number of hydrogen-bond donors (Lipinski definition) is 1. The molecule has 1 aliphatic heterocycles. The van der Waals surface area contributed by atoms with E-state index >= 15 is 0 Å². The highest BCUT2D eigenvalue weighted by Crippen LogP contribution is 2.47. The largest absolute Gasteiger partial charge is 0.488 e. The zero-order valence-electron chi connectivity index (χ0n) is 21.4. The van der Waals surface area contributed by atoms with E-state index in [0.29, 0.717) is 18.7 Å². The van der Waals surface area contributed by atoms with Crippen molar-refractivity contribution < 1.29 is 28.1 Å². The summed E-state index contributed by atoms with van der Waals surface area (Å²) in [6.07, 6.45) is 0.462. The number of carbonyl (C=O) groups excluding carboxylic acids is 1. The van der Waals surface area contributed by atoms with Crippen molar-refractivity contribution in [3.05, 3.63) is 53.8 Å². The van der Waals surface area contributed by atoms with Crippen LogP contribution in [0.1, 0.15) is 46.6 Å². The fourth-order valence-corrected chi connectivity index (χ4v) is 5.42. The first-order chi connectivity index (χ1) is 16.5. The molecule has 2 fully saturated rings. The van der Waals surface area contributed by atoms with Gasteiger partial charge in [-0.25, -0.2) is 4.39 Å². The Kier molecular flexibility index (Phi) is 7.23. The van der Waals surface area contributed by atoms with E-state index in [2.05, 4.69) is 19.2 Å². The number of hydrogen-bond acceptors (Lipinski definition) is 5. The molecule has 0 radical (unpaired) electrons. The fraction of sp³-hybridized carbons (Fsp3) is 0.536. The molecule has 4 rings (SSSR count). The summed E-state index contributed by atoms with van der Waals surface area (Å²) in [5, 5.41) is 2.83. The van der Waals surface area contributed by atoms with Crippen LogP contribution in [-0.4, -0.2) is 49.8 Å². The number of nitrogens with one attached hydrogen (secondary N) is 1. The molecular weight excluding hydrogens is 449 g/mol. The van der Waals surface area contributed by atoms with Crippen LogP contribution in [0.5, 0.6) is 5.75 Å². The number of fused-ring (bicyclic) bond motifs is 1. The maximum atomic E-state index is 14.1. The number of methoxy groups -OCH3 is 1. The second kappa shape index (κ2) is 9.88. The maximum absolute atomic E-state index is 14.1. The smallest absolute Gasteiger partial charge is 0.216 e. The molecule has 1 amide bonds. The molecule has 0 aromatic heterocycles. The molecule has 1 N–H and O–H groups in total. The third-order valence-corrected chi connectivity index (χ3v) is 6.85. The lowest BCUT2D eigenvalue weighted by Crippen LogP contribution is -2.58. The molecule has 1 saturated carbocycles. The standard InChI is InChI=1S/C28H36FNO5/c1-17(31)30-13-12-18-10-11-21(15-22(18)19-8-7-9-20(29)14-19)33-23-16-27(2,3)26(32-6)25-24(23)34-28(4,5)35-25/h7-11,14-15,23-26H,12-13,16H2,1-6H3,(H,30,31)/t23-,24+,25+,26-/m1/s1.